The van der Waals surface area contributed by atoms with Crippen LogP contribution in [0.15, 0.2) is 73.3 Å². The number of fused-ring (bicyclic) bond motifs is 2. The van der Waals surface area contributed by atoms with E-state index in [0.29, 0.717) is 29.8 Å². The highest BCUT2D eigenvalue weighted by Gasteiger charge is 2.26. The molecule has 1 aliphatic rings. The van der Waals surface area contributed by atoms with Gasteiger partial charge in [-0.05, 0) is 56.2 Å². The summed E-state index contributed by atoms with van der Waals surface area (Å²) in [5.41, 5.74) is 11.5. The Balaban J connectivity index is 0.00000180. The zero-order chi connectivity index (χ0) is 30.7. The van der Waals surface area contributed by atoms with Gasteiger partial charge in [0.25, 0.3) is 5.91 Å². The lowest BCUT2D eigenvalue weighted by Crippen LogP contribution is -2.50. The number of carbonyl (C=O) groups is 2. The van der Waals surface area contributed by atoms with Crippen molar-refractivity contribution in [2.75, 3.05) is 31.1 Å². The number of hydrogen-bond acceptors (Lipinski definition) is 7. The molecule has 3 aromatic heterocycles. The average Bonchev–Trinajstić information content (AvgIpc) is 3.44. The van der Waals surface area contributed by atoms with E-state index >= 15 is 0 Å². The Bertz CT molecular complexity index is 1770. The topological polar surface area (TPSA) is 119 Å². The van der Waals surface area contributed by atoms with Gasteiger partial charge in [0, 0.05) is 67.0 Å². The van der Waals surface area contributed by atoms with Crippen LogP contribution in [0.3, 0.4) is 0 Å². The predicted molar refractivity (Wildman–Crippen MR) is 169 cm³/mol. The molecule has 1 saturated heterocycles. The molecular weight excluding hydrogens is 542 g/mol. The van der Waals surface area contributed by atoms with E-state index < -0.39 is 11.5 Å². The lowest BCUT2D eigenvalue weighted by atomic mass is 10.0. The fourth-order valence-electron chi connectivity index (χ4n) is 5.16. The summed E-state index contributed by atoms with van der Waals surface area (Å²) in [6.45, 7) is 12.4. The van der Waals surface area contributed by atoms with Crippen LogP contribution >= 0.6 is 0 Å². The van der Waals surface area contributed by atoms with Gasteiger partial charge in [0.1, 0.15) is 5.60 Å². The molecule has 2 N–H and O–H groups in total. The molecule has 43 heavy (non-hydrogen) atoms. The molecule has 1 aliphatic heterocycles. The van der Waals surface area contributed by atoms with Crippen molar-refractivity contribution in [2.24, 2.45) is 5.73 Å². The van der Waals surface area contributed by atoms with Crippen molar-refractivity contribution in [2.45, 2.75) is 40.2 Å². The summed E-state index contributed by atoms with van der Waals surface area (Å²) in [5.74, 6) is -0.517. The first-order valence-electron chi connectivity index (χ1n) is 14.5. The monoisotopic (exact) mass is 579 g/mol. The van der Waals surface area contributed by atoms with E-state index in [9.17, 15) is 9.59 Å². The van der Waals surface area contributed by atoms with Gasteiger partial charge in [0.15, 0.2) is 5.65 Å². The highest BCUT2D eigenvalue weighted by Crippen LogP contribution is 2.32. The van der Waals surface area contributed by atoms with Crippen molar-refractivity contribution in [3.63, 3.8) is 0 Å². The van der Waals surface area contributed by atoms with E-state index in [1.807, 2.05) is 59.1 Å². The number of ether oxygens (including phenoxy) is 1. The van der Waals surface area contributed by atoms with Crippen molar-refractivity contribution >= 4 is 34.2 Å². The largest absolute Gasteiger partial charge is 0.444 e. The third-order valence-corrected chi connectivity index (χ3v) is 7.18. The van der Waals surface area contributed by atoms with E-state index in [4.69, 9.17) is 15.5 Å². The van der Waals surface area contributed by atoms with Crippen LogP contribution in [-0.4, -0.2) is 68.3 Å². The quantitative estimate of drug-likeness (QED) is 0.286. The molecule has 4 heterocycles. The van der Waals surface area contributed by atoms with E-state index in [0.717, 1.165) is 46.4 Å². The molecule has 0 aliphatic carbocycles. The molecule has 2 amide bonds. The van der Waals surface area contributed by atoms with E-state index in [2.05, 4.69) is 39.2 Å². The van der Waals surface area contributed by atoms with Gasteiger partial charge in [-0.3, -0.25) is 9.78 Å². The van der Waals surface area contributed by atoms with E-state index in [1.165, 1.54) is 0 Å². The maximum Gasteiger partial charge on any atom is 0.410 e. The van der Waals surface area contributed by atoms with Crippen molar-refractivity contribution in [1.29, 1.82) is 0 Å². The van der Waals surface area contributed by atoms with Gasteiger partial charge in [0.2, 0.25) is 0 Å². The molecule has 0 saturated carbocycles. The molecule has 0 unspecified atom stereocenters. The number of amides is 2. The van der Waals surface area contributed by atoms with Crippen LogP contribution in [0.25, 0.3) is 38.8 Å². The molecule has 0 bridgehead atoms. The molecule has 0 atom stereocenters. The average molecular weight is 580 g/mol. The van der Waals surface area contributed by atoms with E-state index in [1.54, 1.807) is 33.9 Å². The van der Waals surface area contributed by atoms with Gasteiger partial charge >= 0.3 is 6.09 Å². The standard InChI is InChI=1S/C31H31N7O3.C2H6/c1-31(2,3)41-30(40)37-15-13-36(14-16-37)22-9-7-20(8-10-22)21-17-34-29-26(18-35-38(29)19-21)23-11-12-33-27-24(23)5-4-6-25(27)28(32)39;1-2/h4-12,17-19H,13-16H2,1-3H3,(H2,32,39);1-2H3. The van der Waals surface area contributed by atoms with Gasteiger partial charge in [-0.25, -0.2) is 14.3 Å². The molecule has 6 rings (SSSR count). The number of anilines is 1. The van der Waals surface area contributed by atoms with Crippen LogP contribution in [0.5, 0.6) is 0 Å². The van der Waals surface area contributed by atoms with Crippen LogP contribution in [0.1, 0.15) is 45.0 Å². The second-order valence-electron chi connectivity index (χ2n) is 11.1. The Morgan fingerprint density at radius 3 is 2.26 bits per heavy atom. The number of benzene rings is 2. The zero-order valence-corrected chi connectivity index (χ0v) is 25.2. The van der Waals surface area contributed by atoms with Crippen molar-refractivity contribution in [3.05, 3.63) is 78.9 Å². The number of para-hydroxylation sites is 1. The van der Waals surface area contributed by atoms with Gasteiger partial charge in [-0.1, -0.05) is 38.1 Å². The number of nitrogens with zero attached hydrogens (tertiary/aromatic N) is 6. The second kappa shape index (κ2) is 12.1. The molecule has 1 fully saturated rings. The molecule has 2 aromatic carbocycles. The summed E-state index contributed by atoms with van der Waals surface area (Å²) in [7, 11) is 0. The maximum atomic E-state index is 12.4. The summed E-state index contributed by atoms with van der Waals surface area (Å²) >= 11 is 0. The van der Waals surface area contributed by atoms with E-state index in [-0.39, 0.29) is 6.09 Å². The van der Waals surface area contributed by atoms with Crippen molar-refractivity contribution < 1.29 is 14.3 Å². The Hall–Kier alpha value is -4.99. The molecule has 5 aromatic rings. The minimum atomic E-state index is -0.517. The molecular formula is C33H37N7O3. The lowest BCUT2D eigenvalue weighted by Gasteiger charge is -2.36. The van der Waals surface area contributed by atoms with Crippen LogP contribution in [0.2, 0.25) is 0 Å². The molecule has 0 spiro atoms. The first-order valence-corrected chi connectivity index (χ1v) is 14.5. The van der Waals surface area contributed by atoms with Crippen molar-refractivity contribution in [1.82, 2.24) is 24.5 Å². The molecule has 10 nitrogen and oxygen atoms in total. The van der Waals surface area contributed by atoms with Crippen LogP contribution in [-0.2, 0) is 4.74 Å². The summed E-state index contributed by atoms with van der Waals surface area (Å²) in [6, 6.07) is 15.6. The van der Waals surface area contributed by atoms with Gasteiger partial charge in [0.05, 0.1) is 17.3 Å². The summed E-state index contributed by atoms with van der Waals surface area (Å²) in [5, 5.41) is 5.38. The molecule has 10 heteroatoms. The Labute approximate surface area is 251 Å². The van der Waals surface area contributed by atoms with Crippen molar-refractivity contribution in [3.8, 4) is 22.3 Å². The van der Waals surface area contributed by atoms with Gasteiger partial charge in [-0.2, -0.15) is 5.10 Å². The van der Waals surface area contributed by atoms with Crippen LogP contribution in [0.4, 0.5) is 10.5 Å². The van der Waals surface area contributed by atoms with Gasteiger partial charge < -0.3 is 20.3 Å². The van der Waals surface area contributed by atoms with Crippen LogP contribution < -0.4 is 10.6 Å². The maximum absolute atomic E-state index is 12.4. The van der Waals surface area contributed by atoms with Crippen LogP contribution in [0, 0.1) is 0 Å². The Kier molecular flexibility index (Phi) is 8.29. The molecule has 0 radical (unpaired) electrons. The lowest BCUT2D eigenvalue weighted by molar-refractivity contribution is 0.0240. The predicted octanol–water partition coefficient (Wildman–Crippen LogP) is 5.79. The smallest absolute Gasteiger partial charge is 0.410 e. The number of nitrogens with two attached hydrogens (primary N) is 1. The zero-order valence-electron chi connectivity index (χ0n) is 25.2. The van der Waals surface area contributed by atoms with Gasteiger partial charge in [-0.15, -0.1) is 0 Å². The third-order valence-electron chi connectivity index (χ3n) is 7.18. The highest BCUT2D eigenvalue weighted by atomic mass is 16.6. The number of hydrogen-bond donors (Lipinski definition) is 1. The first kappa shape index (κ1) is 29.5. The third kappa shape index (κ3) is 6.13. The fourth-order valence-corrected chi connectivity index (χ4v) is 5.16. The minimum absolute atomic E-state index is 0.260. The minimum Gasteiger partial charge on any atom is -0.444 e. The summed E-state index contributed by atoms with van der Waals surface area (Å²) in [4.78, 5) is 37.5. The molecule has 222 valence electrons. The number of primary amides is 1. The Morgan fingerprint density at radius 1 is 0.860 bits per heavy atom. The number of piperazine rings is 1. The number of rotatable bonds is 4. The SMILES string of the molecule is CC.CC(C)(C)OC(=O)N1CCN(c2ccc(-c3cnc4c(-c5ccnc6c(C(N)=O)cccc56)cnn4c3)cc2)CC1. The summed E-state index contributed by atoms with van der Waals surface area (Å²) < 4.78 is 7.27. The summed E-state index contributed by atoms with van der Waals surface area (Å²) in [6.07, 6.45) is 6.98. The first-order chi connectivity index (χ1) is 20.7. The second-order valence-corrected chi connectivity index (χ2v) is 11.1. The fraction of sp³-hybridized carbons (Fsp3) is 0.303. The normalized spacial score (nSPS) is 13.5. The Morgan fingerprint density at radius 2 is 1.58 bits per heavy atom. The highest BCUT2D eigenvalue weighted by molar-refractivity contribution is 6.09. The number of carbonyl (C=O) groups excluding carboxylic acids is 2. The number of pyridine rings is 1. The number of aromatic nitrogens is 4.